The third-order valence-electron chi connectivity index (χ3n) is 4.34. The van der Waals surface area contributed by atoms with Gasteiger partial charge in [0.25, 0.3) is 0 Å². The second kappa shape index (κ2) is 3.64. The predicted octanol–water partition coefficient (Wildman–Crippen LogP) is 2.71. The lowest BCUT2D eigenvalue weighted by Crippen LogP contribution is -2.38. The molecule has 2 aliphatic rings. The molecule has 0 aliphatic heterocycles. The summed E-state index contributed by atoms with van der Waals surface area (Å²) in [6, 6.07) is 9.80. The van der Waals surface area contributed by atoms with Crippen molar-refractivity contribution in [3.05, 3.63) is 35.4 Å². The highest BCUT2D eigenvalue weighted by Crippen LogP contribution is 2.46. The Morgan fingerprint density at radius 2 is 2.07 bits per heavy atom. The monoisotopic (exact) mass is 201 g/mol. The lowest BCUT2D eigenvalue weighted by Gasteiger charge is -2.34. The molecule has 1 aromatic rings. The largest absolute Gasteiger partial charge is 0.317 e. The van der Waals surface area contributed by atoms with Crippen molar-refractivity contribution in [2.75, 3.05) is 7.05 Å². The van der Waals surface area contributed by atoms with Crippen molar-refractivity contribution >= 4 is 0 Å². The highest BCUT2D eigenvalue weighted by Gasteiger charge is 2.38. The van der Waals surface area contributed by atoms with Crippen molar-refractivity contribution in [3.8, 4) is 0 Å². The Morgan fingerprint density at radius 3 is 2.93 bits per heavy atom. The summed E-state index contributed by atoms with van der Waals surface area (Å²) in [6.07, 6.45) is 5.46. The summed E-state index contributed by atoms with van der Waals surface area (Å²) in [5, 5.41) is 3.51. The van der Waals surface area contributed by atoms with Crippen molar-refractivity contribution in [1.82, 2.24) is 5.32 Å². The highest BCUT2D eigenvalue weighted by atomic mass is 14.9. The molecule has 3 unspecified atom stereocenters. The zero-order valence-corrected chi connectivity index (χ0v) is 9.37. The first-order chi connectivity index (χ1) is 7.40. The molecule has 0 heterocycles. The van der Waals surface area contributed by atoms with E-state index in [1.165, 1.54) is 25.7 Å². The van der Waals surface area contributed by atoms with Crippen molar-refractivity contribution in [3.63, 3.8) is 0 Å². The summed E-state index contributed by atoms with van der Waals surface area (Å²) in [4.78, 5) is 0. The second-order valence-electron chi connectivity index (χ2n) is 5.00. The summed E-state index contributed by atoms with van der Waals surface area (Å²) < 4.78 is 0. The van der Waals surface area contributed by atoms with E-state index in [2.05, 4.69) is 36.6 Å². The average molecular weight is 201 g/mol. The molecule has 1 aromatic carbocycles. The molecule has 0 aromatic heterocycles. The van der Waals surface area contributed by atoms with Crippen LogP contribution in [0.15, 0.2) is 24.3 Å². The van der Waals surface area contributed by atoms with Crippen LogP contribution in [0.3, 0.4) is 0 Å². The summed E-state index contributed by atoms with van der Waals surface area (Å²) in [5.74, 6) is 1.70. The fourth-order valence-electron chi connectivity index (χ4n) is 3.63. The molecule has 0 amide bonds. The zero-order chi connectivity index (χ0) is 10.3. The Labute approximate surface area is 91.9 Å². The van der Waals surface area contributed by atoms with Crippen molar-refractivity contribution in [2.24, 2.45) is 5.92 Å². The molecule has 80 valence electrons. The van der Waals surface area contributed by atoms with Gasteiger partial charge < -0.3 is 5.32 Å². The fraction of sp³-hybridized carbons (Fsp3) is 0.571. The third kappa shape index (κ3) is 1.41. The molecule has 0 radical (unpaired) electrons. The quantitative estimate of drug-likeness (QED) is 0.736. The van der Waals surface area contributed by atoms with E-state index in [1.807, 2.05) is 0 Å². The van der Waals surface area contributed by atoms with E-state index in [1.54, 1.807) is 11.1 Å². The van der Waals surface area contributed by atoms with E-state index in [0.717, 1.165) is 17.9 Å². The van der Waals surface area contributed by atoms with Crippen LogP contribution in [0, 0.1) is 5.92 Å². The van der Waals surface area contributed by atoms with Crippen LogP contribution in [0.2, 0.25) is 0 Å². The standard InChI is InChI=1S/C14H19N/c1-15-14-8-4-7-12-11-6-3-2-5-10(11)9-13(12)14/h2-3,5-6,12-15H,4,7-9H2,1H3. The van der Waals surface area contributed by atoms with E-state index < -0.39 is 0 Å². The van der Waals surface area contributed by atoms with E-state index in [9.17, 15) is 0 Å². The highest BCUT2D eigenvalue weighted by molar-refractivity contribution is 5.37. The third-order valence-corrected chi connectivity index (χ3v) is 4.34. The number of hydrogen-bond donors (Lipinski definition) is 1. The Morgan fingerprint density at radius 1 is 1.20 bits per heavy atom. The summed E-state index contributed by atoms with van der Waals surface area (Å²) in [7, 11) is 2.12. The lowest BCUT2D eigenvalue weighted by molar-refractivity contribution is 0.254. The molecule has 1 nitrogen and oxygen atoms in total. The Balaban J connectivity index is 1.95. The average Bonchev–Trinajstić information content (AvgIpc) is 2.67. The molecule has 3 rings (SSSR count). The first-order valence-corrected chi connectivity index (χ1v) is 6.15. The van der Waals surface area contributed by atoms with Gasteiger partial charge in [0.2, 0.25) is 0 Å². The van der Waals surface area contributed by atoms with Gasteiger partial charge in [-0.3, -0.25) is 0 Å². The maximum atomic E-state index is 3.51. The van der Waals surface area contributed by atoms with Gasteiger partial charge in [0.05, 0.1) is 0 Å². The molecule has 1 fully saturated rings. The van der Waals surface area contributed by atoms with Crippen molar-refractivity contribution in [2.45, 2.75) is 37.6 Å². The van der Waals surface area contributed by atoms with Crippen LogP contribution >= 0.6 is 0 Å². The molecule has 1 heteroatoms. The van der Waals surface area contributed by atoms with Gasteiger partial charge in [0.15, 0.2) is 0 Å². The van der Waals surface area contributed by atoms with Gasteiger partial charge >= 0.3 is 0 Å². The molecule has 0 spiro atoms. The fourth-order valence-corrected chi connectivity index (χ4v) is 3.63. The van der Waals surface area contributed by atoms with E-state index in [4.69, 9.17) is 0 Å². The lowest BCUT2D eigenvalue weighted by atomic mass is 9.76. The smallest absolute Gasteiger partial charge is 0.0101 e. The van der Waals surface area contributed by atoms with Gasteiger partial charge in [-0.1, -0.05) is 30.7 Å². The minimum atomic E-state index is 0.746. The first kappa shape index (κ1) is 9.41. The topological polar surface area (TPSA) is 12.0 Å². The minimum Gasteiger partial charge on any atom is -0.317 e. The van der Waals surface area contributed by atoms with E-state index in [-0.39, 0.29) is 0 Å². The Kier molecular flexibility index (Phi) is 2.28. The summed E-state index contributed by atoms with van der Waals surface area (Å²) >= 11 is 0. The van der Waals surface area contributed by atoms with Gasteiger partial charge in [-0.2, -0.15) is 0 Å². The second-order valence-corrected chi connectivity index (χ2v) is 5.00. The number of hydrogen-bond acceptors (Lipinski definition) is 1. The minimum absolute atomic E-state index is 0.746. The van der Waals surface area contributed by atoms with Crippen LogP contribution in [-0.4, -0.2) is 13.1 Å². The normalized spacial score (nSPS) is 33.5. The van der Waals surface area contributed by atoms with Crippen molar-refractivity contribution in [1.29, 1.82) is 0 Å². The van der Waals surface area contributed by atoms with E-state index in [0.29, 0.717) is 0 Å². The summed E-state index contributed by atoms with van der Waals surface area (Å²) in [5.41, 5.74) is 3.25. The van der Waals surface area contributed by atoms with Gasteiger partial charge in [-0.25, -0.2) is 0 Å². The van der Waals surface area contributed by atoms with Crippen LogP contribution in [-0.2, 0) is 6.42 Å². The maximum absolute atomic E-state index is 3.51. The van der Waals surface area contributed by atoms with Crippen LogP contribution in [0.1, 0.15) is 36.3 Å². The Bertz CT molecular complexity index is 358. The molecule has 0 bridgehead atoms. The maximum Gasteiger partial charge on any atom is 0.0101 e. The molecule has 1 N–H and O–H groups in total. The predicted molar refractivity (Wildman–Crippen MR) is 63.1 cm³/mol. The van der Waals surface area contributed by atoms with Crippen LogP contribution in [0.4, 0.5) is 0 Å². The number of benzene rings is 1. The van der Waals surface area contributed by atoms with E-state index >= 15 is 0 Å². The van der Waals surface area contributed by atoms with Gasteiger partial charge in [0.1, 0.15) is 0 Å². The molecule has 1 saturated carbocycles. The van der Waals surface area contributed by atoms with Gasteiger partial charge in [-0.15, -0.1) is 0 Å². The first-order valence-electron chi connectivity index (χ1n) is 6.15. The number of rotatable bonds is 1. The van der Waals surface area contributed by atoms with Gasteiger partial charge in [0, 0.05) is 6.04 Å². The van der Waals surface area contributed by atoms with Crippen LogP contribution in [0.5, 0.6) is 0 Å². The molecular weight excluding hydrogens is 182 g/mol. The Hall–Kier alpha value is -0.820. The van der Waals surface area contributed by atoms with Gasteiger partial charge in [-0.05, 0) is 49.3 Å². The zero-order valence-electron chi connectivity index (χ0n) is 9.37. The van der Waals surface area contributed by atoms with Crippen LogP contribution in [0.25, 0.3) is 0 Å². The van der Waals surface area contributed by atoms with Crippen LogP contribution < -0.4 is 5.32 Å². The SMILES string of the molecule is CNC1CCCC2c3ccccc3CC12. The molecule has 0 saturated heterocycles. The molecule has 15 heavy (non-hydrogen) atoms. The molecule has 2 aliphatic carbocycles. The molecule has 3 atom stereocenters. The number of fused-ring (bicyclic) bond motifs is 3. The number of nitrogens with one attached hydrogen (secondary N) is 1. The summed E-state index contributed by atoms with van der Waals surface area (Å²) in [6.45, 7) is 0. The molecular formula is C14H19N. The van der Waals surface area contributed by atoms with Crippen molar-refractivity contribution < 1.29 is 0 Å².